The lowest BCUT2D eigenvalue weighted by Gasteiger charge is -2.36. The molecule has 1 heterocycles. The first kappa shape index (κ1) is 20.6. The van der Waals surface area contributed by atoms with Gasteiger partial charge in [-0.15, -0.1) is 0 Å². The van der Waals surface area contributed by atoms with Crippen LogP contribution in [0.15, 0.2) is 48.5 Å². The third-order valence-electron chi connectivity index (χ3n) is 4.94. The number of amides is 2. The summed E-state index contributed by atoms with van der Waals surface area (Å²) in [6.07, 6.45) is 0.450. The van der Waals surface area contributed by atoms with Crippen LogP contribution in [-0.4, -0.2) is 56.2 Å². The molecule has 1 saturated heterocycles. The Balaban J connectivity index is 1.51. The molecule has 0 saturated carbocycles. The van der Waals surface area contributed by atoms with Crippen LogP contribution >= 0.6 is 0 Å². The van der Waals surface area contributed by atoms with E-state index in [1.165, 1.54) is 6.07 Å². The third-order valence-corrected chi connectivity index (χ3v) is 4.94. The summed E-state index contributed by atoms with van der Waals surface area (Å²) >= 11 is 0. The maximum Gasteiger partial charge on any atom is 0.340 e. The molecule has 0 unspecified atom stereocenters. The summed E-state index contributed by atoms with van der Waals surface area (Å²) in [6.45, 7) is 4.82. The van der Waals surface area contributed by atoms with E-state index in [-0.39, 0.29) is 17.8 Å². The predicted octanol–water partition coefficient (Wildman–Crippen LogP) is 3.08. The number of hydrogen-bond acceptors (Lipinski definition) is 4. The van der Waals surface area contributed by atoms with Crippen molar-refractivity contribution in [2.45, 2.75) is 13.3 Å². The van der Waals surface area contributed by atoms with Gasteiger partial charge in [0.05, 0.1) is 17.9 Å². The number of esters is 1. The fourth-order valence-corrected chi connectivity index (χ4v) is 3.40. The molecule has 1 aliphatic heterocycles. The van der Waals surface area contributed by atoms with E-state index in [0.717, 1.165) is 5.69 Å². The van der Waals surface area contributed by atoms with Gasteiger partial charge >= 0.3 is 12.0 Å². The molecule has 1 aliphatic rings. The van der Waals surface area contributed by atoms with Crippen LogP contribution in [-0.2, 0) is 11.2 Å². The molecule has 0 bridgehead atoms. The molecule has 0 radical (unpaired) electrons. The minimum absolute atomic E-state index is 0.153. The van der Waals surface area contributed by atoms with Gasteiger partial charge in [0.1, 0.15) is 5.82 Å². The number of urea groups is 1. The summed E-state index contributed by atoms with van der Waals surface area (Å²) in [4.78, 5) is 28.4. The lowest BCUT2D eigenvalue weighted by Crippen LogP contribution is -2.52. The molecular weight excluding hydrogens is 373 g/mol. The highest BCUT2D eigenvalue weighted by Gasteiger charge is 2.24. The molecule has 154 valence electrons. The quantitative estimate of drug-likeness (QED) is 0.759. The number of anilines is 1. The molecule has 0 aliphatic carbocycles. The van der Waals surface area contributed by atoms with Crippen molar-refractivity contribution >= 4 is 17.7 Å². The second kappa shape index (κ2) is 9.91. The Labute approximate surface area is 170 Å². The number of nitrogens with one attached hydrogen (secondary N) is 1. The van der Waals surface area contributed by atoms with E-state index in [1.807, 2.05) is 18.2 Å². The Bertz CT molecular complexity index is 851. The highest BCUT2D eigenvalue weighted by Crippen LogP contribution is 2.22. The number of carbonyl (C=O) groups excluding carboxylic acids is 2. The third kappa shape index (κ3) is 5.25. The SMILES string of the molecule is CCOC(=O)c1ccccc1N1CCN(C(=O)NCCc2ccccc2F)CC1. The van der Waals surface area contributed by atoms with Crippen LogP contribution in [0.25, 0.3) is 0 Å². The van der Waals surface area contributed by atoms with Gasteiger partial charge in [0.15, 0.2) is 0 Å². The minimum Gasteiger partial charge on any atom is -0.462 e. The van der Waals surface area contributed by atoms with E-state index >= 15 is 0 Å². The molecule has 2 aromatic carbocycles. The van der Waals surface area contributed by atoms with Gasteiger partial charge in [-0.05, 0) is 37.1 Å². The molecule has 2 aromatic rings. The van der Waals surface area contributed by atoms with Crippen molar-refractivity contribution in [2.24, 2.45) is 0 Å². The fraction of sp³-hybridized carbons (Fsp3) is 0.364. The Kier molecular flexibility index (Phi) is 7.05. The molecule has 29 heavy (non-hydrogen) atoms. The predicted molar refractivity (Wildman–Crippen MR) is 110 cm³/mol. The molecule has 3 rings (SSSR count). The molecule has 7 heteroatoms. The van der Waals surface area contributed by atoms with Crippen LogP contribution in [0.1, 0.15) is 22.8 Å². The van der Waals surface area contributed by atoms with Gasteiger partial charge in [0, 0.05) is 32.7 Å². The van der Waals surface area contributed by atoms with Crippen LogP contribution < -0.4 is 10.2 Å². The summed E-state index contributed by atoms with van der Waals surface area (Å²) < 4.78 is 18.8. The first-order valence-electron chi connectivity index (χ1n) is 9.87. The van der Waals surface area contributed by atoms with E-state index in [9.17, 15) is 14.0 Å². The van der Waals surface area contributed by atoms with Gasteiger partial charge in [0.25, 0.3) is 0 Å². The molecule has 1 fully saturated rings. The number of hydrogen-bond donors (Lipinski definition) is 1. The number of rotatable bonds is 6. The summed E-state index contributed by atoms with van der Waals surface area (Å²) in [5.41, 5.74) is 1.95. The average Bonchev–Trinajstić information content (AvgIpc) is 2.75. The van der Waals surface area contributed by atoms with Crippen LogP contribution in [0.4, 0.5) is 14.9 Å². The van der Waals surface area contributed by atoms with Gasteiger partial charge < -0.3 is 19.9 Å². The topological polar surface area (TPSA) is 61.9 Å². The van der Waals surface area contributed by atoms with Crippen molar-refractivity contribution in [1.29, 1.82) is 0 Å². The monoisotopic (exact) mass is 399 g/mol. The standard InChI is InChI=1S/C22H26FN3O3/c1-2-29-21(27)18-8-4-6-10-20(18)25-13-15-26(16-14-25)22(28)24-12-11-17-7-3-5-9-19(17)23/h3-10H,2,11-16H2,1H3,(H,24,28). The van der Waals surface area contributed by atoms with Crippen LogP contribution in [0, 0.1) is 5.82 Å². The first-order valence-corrected chi connectivity index (χ1v) is 9.87. The number of carbonyl (C=O) groups is 2. The van der Waals surface area contributed by atoms with E-state index in [2.05, 4.69) is 10.2 Å². The minimum atomic E-state index is -0.337. The van der Waals surface area contributed by atoms with Crippen LogP contribution in [0.5, 0.6) is 0 Å². The lowest BCUT2D eigenvalue weighted by atomic mass is 10.1. The zero-order valence-electron chi connectivity index (χ0n) is 16.6. The lowest BCUT2D eigenvalue weighted by molar-refractivity contribution is 0.0527. The molecule has 0 aromatic heterocycles. The van der Waals surface area contributed by atoms with E-state index in [1.54, 1.807) is 36.1 Å². The first-order chi connectivity index (χ1) is 14.1. The Morgan fingerprint density at radius 2 is 1.72 bits per heavy atom. The number of ether oxygens (including phenoxy) is 1. The largest absolute Gasteiger partial charge is 0.462 e. The van der Waals surface area contributed by atoms with E-state index in [0.29, 0.717) is 56.9 Å². The van der Waals surface area contributed by atoms with Gasteiger partial charge in [-0.25, -0.2) is 14.0 Å². The summed E-state index contributed by atoms with van der Waals surface area (Å²) in [5.74, 6) is -0.591. The zero-order valence-corrected chi connectivity index (χ0v) is 16.6. The highest BCUT2D eigenvalue weighted by atomic mass is 19.1. The van der Waals surface area contributed by atoms with Crippen molar-refractivity contribution < 1.29 is 18.7 Å². The van der Waals surface area contributed by atoms with Crippen LogP contribution in [0.2, 0.25) is 0 Å². The average molecular weight is 399 g/mol. The van der Waals surface area contributed by atoms with E-state index < -0.39 is 0 Å². The second-order valence-electron chi connectivity index (χ2n) is 6.79. The summed E-state index contributed by atoms with van der Waals surface area (Å²) in [7, 11) is 0. The Hall–Kier alpha value is -3.09. The van der Waals surface area contributed by atoms with Crippen molar-refractivity contribution in [3.63, 3.8) is 0 Å². The highest BCUT2D eigenvalue weighted by molar-refractivity contribution is 5.96. The maximum atomic E-state index is 13.6. The van der Waals surface area contributed by atoms with E-state index in [4.69, 9.17) is 4.74 Å². The van der Waals surface area contributed by atoms with Crippen molar-refractivity contribution in [3.8, 4) is 0 Å². The zero-order chi connectivity index (χ0) is 20.6. The smallest absolute Gasteiger partial charge is 0.340 e. The molecule has 6 nitrogen and oxygen atoms in total. The maximum absolute atomic E-state index is 13.6. The number of nitrogens with zero attached hydrogens (tertiary/aromatic N) is 2. The van der Waals surface area contributed by atoms with Gasteiger partial charge in [-0.3, -0.25) is 0 Å². The Morgan fingerprint density at radius 3 is 2.45 bits per heavy atom. The normalized spacial score (nSPS) is 13.9. The molecule has 2 amide bonds. The summed E-state index contributed by atoms with van der Waals surface area (Å²) in [5, 5.41) is 2.86. The molecular formula is C22H26FN3O3. The second-order valence-corrected chi connectivity index (χ2v) is 6.79. The fourth-order valence-electron chi connectivity index (χ4n) is 3.40. The molecule has 1 N–H and O–H groups in total. The number of halogens is 1. The number of para-hydroxylation sites is 1. The summed E-state index contributed by atoms with van der Waals surface area (Å²) in [6, 6.07) is 13.8. The van der Waals surface area contributed by atoms with Crippen molar-refractivity contribution in [1.82, 2.24) is 10.2 Å². The van der Waals surface area contributed by atoms with Crippen molar-refractivity contribution in [3.05, 3.63) is 65.5 Å². The van der Waals surface area contributed by atoms with Gasteiger partial charge in [-0.1, -0.05) is 30.3 Å². The van der Waals surface area contributed by atoms with Crippen molar-refractivity contribution in [2.75, 3.05) is 44.2 Å². The number of benzene rings is 2. The molecule has 0 spiro atoms. The Morgan fingerprint density at radius 1 is 1.03 bits per heavy atom. The van der Waals surface area contributed by atoms with Gasteiger partial charge in [-0.2, -0.15) is 0 Å². The van der Waals surface area contributed by atoms with Gasteiger partial charge in [0.2, 0.25) is 0 Å². The molecule has 0 atom stereocenters. The van der Waals surface area contributed by atoms with Crippen LogP contribution in [0.3, 0.4) is 0 Å². The number of piperazine rings is 1.